The maximum atomic E-state index is 5.98. The fraction of sp³-hybridized carbons (Fsp3) is 0.550. The normalized spacial score (nSPS) is 18.9. The molecule has 130 valence electrons. The predicted octanol–water partition coefficient (Wildman–Crippen LogP) is 4.35. The number of hydrogen-bond donors (Lipinski definition) is 0. The molecule has 0 aliphatic carbocycles. The quantitative estimate of drug-likeness (QED) is 0.790. The first kappa shape index (κ1) is 17.2. The highest BCUT2D eigenvalue weighted by Crippen LogP contribution is 2.27. The first-order valence-electron chi connectivity index (χ1n) is 8.94. The van der Waals surface area contributed by atoms with Gasteiger partial charge in [-0.3, -0.25) is 4.90 Å². The van der Waals surface area contributed by atoms with E-state index in [1.165, 1.54) is 24.8 Å². The van der Waals surface area contributed by atoms with Crippen molar-refractivity contribution in [1.82, 2.24) is 9.88 Å². The molecule has 0 spiro atoms. The van der Waals surface area contributed by atoms with E-state index in [-0.39, 0.29) is 0 Å². The molecule has 2 heterocycles. The van der Waals surface area contributed by atoms with E-state index >= 15 is 0 Å². The molecular weight excluding hydrogens is 300 g/mol. The summed E-state index contributed by atoms with van der Waals surface area (Å²) in [6.07, 6.45) is 4.94. The van der Waals surface area contributed by atoms with Crippen molar-refractivity contribution in [3.63, 3.8) is 0 Å². The van der Waals surface area contributed by atoms with E-state index < -0.39 is 0 Å². The third-order valence-electron chi connectivity index (χ3n) is 5.03. The van der Waals surface area contributed by atoms with Gasteiger partial charge in [-0.2, -0.15) is 0 Å². The van der Waals surface area contributed by atoms with Gasteiger partial charge in [0.2, 0.25) is 5.89 Å². The van der Waals surface area contributed by atoms with Crippen LogP contribution in [0.2, 0.25) is 0 Å². The summed E-state index contributed by atoms with van der Waals surface area (Å²) in [5, 5.41) is 0. The summed E-state index contributed by atoms with van der Waals surface area (Å²) in [4.78, 5) is 7.36. The molecule has 1 aliphatic heterocycles. The van der Waals surface area contributed by atoms with Gasteiger partial charge in [0, 0.05) is 31.9 Å². The van der Waals surface area contributed by atoms with E-state index in [9.17, 15) is 0 Å². The Bertz CT molecular complexity index is 665. The number of methoxy groups -OCH3 is 1. The number of nitrogens with zero attached hydrogens (tertiary/aromatic N) is 2. The Morgan fingerprint density at radius 3 is 2.88 bits per heavy atom. The molecule has 0 bridgehead atoms. The number of hydrogen-bond acceptors (Lipinski definition) is 4. The summed E-state index contributed by atoms with van der Waals surface area (Å²) in [5.41, 5.74) is 3.35. The molecule has 1 aliphatic rings. The van der Waals surface area contributed by atoms with Crippen LogP contribution < -0.4 is 0 Å². The molecule has 0 saturated carbocycles. The minimum Gasteiger partial charge on any atom is -0.441 e. The standard InChI is InChI=1S/C20H28N2O2/c1-15-8-4-5-10-18(15)20-21-19(16(2)24-20)14-22-12-7-6-9-17(22)11-13-23-3/h4-5,8,10,17H,6-7,9,11-14H2,1-3H3/t17-/m0/s1. The highest BCUT2D eigenvalue weighted by Gasteiger charge is 2.24. The van der Waals surface area contributed by atoms with Crippen LogP contribution in [0.1, 0.15) is 42.7 Å². The van der Waals surface area contributed by atoms with Crippen molar-refractivity contribution in [2.45, 2.75) is 52.1 Å². The van der Waals surface area contributed by atoms with Crippen LogP contribution in [0.15, 0.2) is 28.7 Å². The highest BCUT2D eigenvalue weighted by molar-refractivity contribution is 5.58. The Morgan fingerprint density at radius 1 is 1.25 bits per heavy atom. The molecule has 3 rings (SSSR count). The molecule has 0 unspecified atom stereocenters. The Balaban J connectivity index is 1.76. The number of aromatic nitrogens is 1. The van der Waals surface area contributed by atoms with Gasteiger partial charge in [0.15, 0.2) is 0 Å². The van der Waals surface area contributed by atoms with Gasteiger partial charge in [0.05, 0.1) is 5.69 Å². The van der Waals surface area contributed by atoms with Crippen LogP contribution >= 0.6 is 0 Å². The Hall–Kier alpha value is -1.65. The number of ether oxygens (including phenoxy) is 1. The fourth-order valence-electron chi connectivity index (χ4n) is 3.54. The van der Waals surface area contributed by atoms with Crippen molar-refractivity contribution in [2.24, 2.45) is 0 Å². The summed E-state index contributed by atoms with van der Waals surface area (Å²) in [6.45, 7) is 6.96. The van der Waals surface area contributed by atoms with Gasteiger partial charge in [0.1, 0.15) is 5.76 Å². The van der Waals surface area contributed by atoms with Crippen molar-refractivity contribution < 1.29 is 9.15 Å². The topological polar surface area (TPSA) is 38.5 Å². The second kappa shape index (κ2) is 7.95. The monoisotopic (exact) mass is 328 g/mol. The number of oxazole rings is 1. The Kier molecular flexibility index (Phi) is 5.69. The van der Waals surface area contributed by atoms with Crippen LogP contribution in [0.25, 0.3) is 11.5 Å². The Morgan fingerprint density at radius 2 is 2.08 bits per heavy atom. The zero-order valence-electron chi connectivity index (χ0n) is 15.0. The SMILES string of the molecule is COCC[C@@H]1CCCCN1Cc1nc(-c2ccccc2C)oc1C. The van der Waals surface area contributed by atoms with Crippen LogP contribution in [-0.2, 0) is 11.3 Å². The van der Waals surface area contributed by atoms with E-state index in [4.69, 9.17) is 14.1 Å². The highest BCUT2D eigenvalue weighted by atomic mass is 16.5. The third-order valence-corrected chi connectivity index (χ3v) is 5.03. The largest absolute Gasteiger partial charge is 0.441 e. The Labute approximate surface area is 144 Å². The van der Waals surface area contributed by atoms with E-state index in [1.54, 1.807) is 7.11 Å². The number of likely N-dealkylation sites (tertiary alicyclic amines) is 1. The zero-order chi connectivity index (χ0) is 16.9. The molecule has 4 nitrogen and oxygen atoms in total. The van der Waals surface area contributed by atoms with Crippen LogP contribution in [0.5, 0.6) is 0 Å². The molecule has 1 atom stereocenters. The first-order valence-corrected chi connectivity index (χ1v) is 8.94. The molecule has 0 N–H and O–H groups in total. The molecule has 0 amide bonds. The lowest BCUT2D eigenvalue weighted by Crippen LogP contribution is -2.39. The summed E-state index contributed by atoms with van der Waals surface area (Å²) < 4.78 is 11.3. The molecule has 1 aromatic carbocycles. The average molecular weight is 328 g/mol. The fourth-order valence-corrected chi connectivity index (χ4v) is 3.54. The van der Waals surface area contributed by atoms with Crippen molar-refractivity contribution in [3.8, 4) is 11.5 Å². The lowest BCUT2D eigenvalue weighted by atomic mass is 9.99. The number of benzene rings is 1. The smallest absolute Gasteiger partial charge is 0.226 e. The number of rotatable bonds is 6. The van der Waals surface area contributed by atoms with Crippen LogP contribution in [-0.4, -0.2) is 36.2 Å². The van der Waals surface area contributed by atoms with E-state index in [0.29, 0.717) is 6.04 Å². The number of piperidine rings is 1. The van der Waals surface area contributed by atoms with Crippen molar-refractivity contribution >= 4 is 0 Å². The molecule has 1 saturated heterocycles. The van der Waals surface area contributed by atoms with Crippen molar-refractivity contribution in [3.05, 3.63) is 41.3 Å². The molecular formula is C20H28N2O2. The van der Waals surface area contributed by atoms with E-state index in [0.717, 1.165) is 49.0 Å². The second-order valence-electron chi connectivity index (χ2n) is 6.74. The van der Waals surface area contributed by atoms with Gasteiger partial charge < -0.3 is 9.15 Å². The minimum atomic E-state index is 0.594. The van der Waals surface area contributed by atoms with Gasteiger partial charge in [-0.1, -0.05) is 24.6 Å². The molecule has 1 aromatic heterocycles. The van der Waals surface area contributed by atoms with E-state index in [1.807, 2.05) is 19.1 Å². The lowest BCUT2D eigenvalue weighted by Gasteiger charge is -2.35. The van der Waals surface area contributed by atoms with E-state index in [2.05, 4.69) is 24.0 Å². The molecule has 2 aromatic rings. The summed E-state index contributed by atoms with van der Waals surface area (Å²) in [5.74, 6) is 1.68. The number of aryl methyl sites for hydroxylation is 2. The molecule has 4 heteroatoms. The molecule has 24 heavy (non-hydrogen) atoms. The maximum Gasteiger partial charge on any atom is 0.226 e. The molecule has 0 radical (unpaired) electrons. The summed E-state index contributed by atoms with van der Waals surface area (Å²) in [7, 11) is 1.78. The van der Waals surface area contributed by atoms with Crippen LogP contribution in [0.4, 0.5) is 0 Å². The van der Waals surface area contributed by atoms with Crippen LogP contribution in [0.3, 0.4) is 0 Å². The van der Waals surface area contributed by atoms with Gasteiger partial charge in [-0.05, 0) is 51.3 Å². The molecule has 1 fully saturated rings. The summed E-state index contributed by atoms with van der Waals surface area (Å²) in [6, 6.07) is 8.85. The minimum absolute atomic E-state index is 0.594. The van der Waals surface area contributed by atoms with Gasteiger partial charge in [0.25, 0.3) is 0 Å². The zero-order valence-corrected chi connectivity index (χ0v) is 15.0. The second-order valence-corrected chi connectivity index (χ2v) is 6.74. The van der Waals surface area contributed by atoms with Crippen molar-refractivity contribution in [2.75, 3.05) is 20.3 Å². The van der Waals surface area contributed by atoms with Gasteiger partial charge in [-0.15, -0.1) is 0 Å². The lowest BCUT2D eigenvalue weighted by molar-refractivity contribution is 0.0961. The third kappa shape index (κ3) is 3.87. The average Bonchev–Trinajstić information content (AvgIpc) is 2.95. The van der Waals surface area contributed by atoms with Gasteiger partial charge in [-0.25, -0.2) is 4.98 Å². The van der Waals surface area contributed by atoms with Gasteiger partial charge >= 0.3 is 0 Å². The van der Waals surface area contributed by atoms with Crippen LogP contribution in [0, 0.1) is 13.8 Å². The summed E-state index contributed by atoms with van der Waals surface area (Å²) >= 11 is 0. The first-order chi connectivity index (χ1) is 11.7. The maximum absolute atomic E-state index is 5.98. The van der Waals surface area contributed by atoms with Crippen molar-refractivity contribution in [1.29, 1.82) is 0 Å². The predicted molar refractivity (Wildman–Crippen MR) is 96.0 cm³/mol.